The number of carbonyl (C=O) groups excluding carboxylic acids is 2. The van der Waals surface area contributed by atoms with Crippen LogP contribution in [0.25, 0.3) is 5.76 Å². The minimum absolute atomic E-state index is 0.132. The molecule has 2 N–H and O–H groups in total. The van der Waals surface area contributed by atoms with E-state index in [0.29, 0.717) is 12.1 Å². The van der Waals surface area contributed by atoms with Gasteiger partial charge in [-0.25, -0.2) is 0 Å². The molecule has 158 valence electrons. The lowest BCUT2D eigenvalue weighted by atomic mass is 9.96. The van der Waals surface area contributed by atoms with E-state index >= 15 is 0 Å². The summed E-state index contributed by atoms with van der Waals surface area (Å²) in [6, 6.07) is 10.3. The van der Waals surface area contributed by atoms with Gasteiger partial charge in [0, 0.05) is 30.9 Å². The van der Waals surface area contributed by atoms with Crippen LogP contribution in [-0.2, 0) is 9.59 Å². The van der Waals surface area contributed by atoms with E-state index in [1.807, 2.05) is 25.1 Å². The molecule has 1 saturated heterocycles. The summed E-state index contributed by atoms with van der Waals surface area (Å²) in [5.41, 5.74) is 2.43. The summed E-state index contributed by atoms with van der Waals surface area (Å²) in [7, 11) is 0. The van der Waals surface area contributed by atoms with Gasteiger partial charge in [0.2, 0.25) is 0 Å². The number of nitrogens with zero attached hydrogens (tertiary/aromatic N) is 2. The van der Waals surface area contributed by atoms with Crippen LogP contribution in [0, 0.1) is 6.92 Å². The number of quaternary nitrogens is 1. The fourth-order valence-electron chi connectivity index (χ4n) is 3.96. The monoisotopic (exact) mass is 408 g/mol. The first-order valence-electron chi connectivity index (χ1n) is 10.6. The summed E-state index contributed by atoms with van der Waals surface area (Å²) in [4.78, 5) is 33.1. The molecule has 1 atom stereocenters. The molecular formula is C24H30N3O3+. The minimum Gasteiger partial charge on any atom is -0.507 e. The Hall–Kier alpha value is -2.99. The molecule has 1 aliphatic heterocycles. The van der Waals surface area contributed by atoms with E-state index in [2.05, 4.69) is 18.8 Å². The van der Waals surface area contributed by atoms with Crippen molar-refractivity contribution in [3.05, 3.63) is 71.1 Å². The van der Waals surface area contributed by atoms with Gasteiger partial charge in [0.25, 0.3) is 11.7 Å². The van der Waals surface area contributed by atoms with Crippen molar-refractivity contribution in [2.45, 2.75) is 33.2 Å². The molecule has 0 spiro atoms. The average molecular weight is 409 g/mol. The zero-order valence-electron chi connectivity index (χ0n) is 17.9. The van der Waals surface area contributed by atoms with Crippen LogP contribution in [0.15, 0.2) is 54.4 Å². The van der Waals surface area contributed by atoms with Crippen molar-refractivity contribution in [2.75, 3.05) is 26.2 Å². The van der Waals surface area contributed by atoms with Gasteiger partial charge in [0.1, 0.15) is 5.76 Å². The maximum absolute atomic E-state index is 13.0. The summed E-state index contributed by atoms with van der Waals surface area (Å²) in [5.74, 6) is -1.34. The third-order valence-corrected chi connectivity index (χ3v) is 5.79. The van der Waals surface area contributed by atoms with Gasteiger partial charge in [0.05, 0.1) is 31.2 Å². The Bertz CT molecular complexity index is 918. The van der Waals surface area contributed by atoms with Gasteiger partial charge in [-0.3, -0.25) is 14.6 Å². The van der Waals surface area contributed by atoms with E-state index in [0.717, 1.165) is 37.2 Å². The van der Waals surface area contributed by atoms with Crippen LogP contribution in [0.5, 0.6) is 0 Å². The van der Waals surface area contributed by atoms with Crippen LogP contribution in [0.3, 0.4) is 0 Å². The predicted octanol–water partition coefficient (Wildman–Crippen LogP) is 2.13. The molecule has 1 amide bonds. The van der Waals surface area contributed by atoms with Gasteiger partial charge in [-0.15, -0.1) is 0 Å². The van der Waals surface area contributed by atoms with E-state index < -0.39 is 17.7 Å². The minimum atomic E-state index is -0.642. The molecule has 0 unspecified atom stereocenters. The van der Waals surface area contributed by atoms with Crippen molar-refractivity contribution in [1.29, 1.82) is 0 Å². The molecule has 2 aromatic rings. The number of pyridine rings is 1. The van der Waals surface area contributed by atoms with E-state index in [1.165, 1.54) is 4.90 Å². The number of nitrogens with one attached hydrogen (secondary N) is 1. The first-order valence-corrected chi connectivity index (χ1v) is 10.6. The summed E-state index contributed by atoms with van der Waals surface area (Å²) >= 11 is 0. The SMILES string of the molecule is CC[NH+](CC)CCCN1C(=O)C(=O)C(=C(O)c2ccc(C)cc2)[C@H]1c1cccnc1. The van der Waals surface area contributed by atoms with Crippen LogP contribution in [0.4, 0.5) is 0 Å². The summed E-state index contributed by atoms with van der Waals surface area (Å²) in [5, 5.41) is 11.0. The normalized spacial score (nSPS) is 18.4. The number of aliphatic hydroxyl groups is 1. The van der Waals surface area contributed by atoms with Gasteiger partial charge in [-0.1, -0.05) is 35.9 Å². The number of hydrogen-bond donors (Lipinski definition) is 2. The lowest BCUT2D eigenvalue weighted by molar-refractivity contribution is -0.896. The summed E-state index contributed by atoms with van der Waals surface area (Å²) in [6.07, 6.45) is 4.09. The van der Waals surface area contributed by atoms with E-state index in [-0.39, 0.29) is 11.3 Å². The Labute approximate surface area is 177 Å². The molecule has 1 aromatic carbocycles. The lowest BCUT2D eigenvalue weighted by Gasteiger charge is -2.25. The molecule has 30 heavy (non-hydrogen) atoms. The lowest BCUT2D eigenvalue weighted by Crippen LogP contribution is -3.11. The summed E-state index contributed by atoms with van der Waals surface area (Å²) < 4.78 is 0. The zero-order chi connectivity index (χ0) is 21.7. The topological polar surface area (TPSA) is 74.9 Å². The highest BCUT2D eigenvalue weighted by Gasteiger charge is 2.45. The molecule has 1 fully saturated rings. The summed E-state index contributed by atoms with van der Waals surface area (Å²) in [6.45, 7) is 9.66. The molecule has 1 aromatic heterocycles. The quantitative estimate of drug-likeness (QED) is 0.399. The van der Waals surface area contributed by atoms with Crippen molar-refractivity contribution in [3.63, 3.8) is 0 Å². The highest BCUT2D eigenvalue weighted by molar-refractivity contribution is 6.46. The van der Waals surface area contributed by atoms with Crippen molar-refractivity contribution in [3.8, 4) is 0 Å². The van der Waals surface area contributed by atoms with Crippen molar-refractivity contribution in [2.24, 2.45) is 0 Å². The highest BCUT2D eigenvalue weighted by Crippen LogP contribution is 2.39. The number of amides is 1. The third-order valence-electron chi connectivity index (χ3n) is 5.79. The number of aryl methyl sites for hydroxylation is 1. The molecule has 2 heterocycles. The standard InChI is InChI=1S/C24H29N3O3/c1-4-26(5-2)14-7-15-27-21(19-8-6-13-25-16-19)20(23(29)24(27)30)22(28)18-11-9-17(3)10-12-18/h6,8-13,16,21,28H,4-5,7,14-15H2,1-3H3/p+1/t21-/m1/s1. The third kappa shape index (κ3) is 4.44. The van der Waals surface area contributed by atoms with Crippen LogP contribution >= 0.6 is 0 Å². The van der Waals surface area contributed by atoms with Crippen molar-refractivity contribution >= 4 is 17.4 Å². The first-order chi connectivity index (χ1) is 14.5. The number of hydrogen-bond acceptors (Lipinski definition) is 4. The van der Waals surface area contributed by atoms with E-state index in [9.17, 15) is 14.7 Å². The Kier molecular flexibility index (Phi) is 7.00. The maximum atomic E-state index is 13.0. The van der Waals surface area contributed by atoms with E-state index in [4.69, 9.17) is 0 Å². The number of aliphatic hydroxyl groups excluding tert-OH is 1. The number of carbonyl (C=O) groups is 2. The number of likely N-dealkylation sites (tertiary alicyclic amines) is 1. The van der Waals surface area contributed by atoms with Crippen molar-refractivity contribution < 1.29 is 19.6 Å². The Morgan fingerprint density at radius 1 is 1.13 bits per heavy atom. The Morgan fingerprint density at radius 2 is 1.83 bits per heavy atom. The number of Topliss-reactive ketones (excluding diaryl/α,β-unsaturated/α-hetero) is 1. The molecule has 0 radical (unpaired) electrons. The van der Waals surface area contributed by atoms with Gasteiger partial charge in [-0.05, 0) is 32.4 Å². The van der Waals surface area contributed by atoms with Gasteiger partial charge >= 0.3 is 0 Å². The van der Waals surface area contributed by atoms with E-state index in [1.54, 1.807) is 35.5 Å². The number of benzene rings is 1. The first kappa shape index (κ1) is 21.7. The number of rotatable bonds is 8. The molecule has 1 aliphatic rings. The molecular weight excluding hydrogens is 378 g/mol. The average Bonchev–Trinajstić information content (AvgIpc) is 3.02. The fourth-order valence-corrected chi connectivity index (χ4v) is 3.96. The van der Waals surface area contributed by atoms with Gasteiger partial charge in [0.15, 0.2) is 0 Å². The molecule has 0 aliphatic carbocycles. The van der Waals surface area contributed by atoms with Crippen LogP contribution < -0.4 is 4.90 Å². The number of aromatic nitrogens is 1. The van der Waals surface area contributed by atoms with Gasteiger partial charge < -0.3 is 14.9 Å². The maximum Gasteiger partial charge on any atom is 0.295 e. The van der Waals surface area contributed by atoms with Crippen LogP contribution in [-0.4, -0.2) is 52.9 Å². The second-order valence-electron chi connectivity index (χ2n) is 7.71. The Balaban J connectivity index is 1.99. The second kappa shape index (κ2) is 9.67. The van der Waals surface area contributed by atoms with Crippen molar-refractivity contribution in [1.82, 2.24) is 9.88 Å². The van der Waals surface area contributed by atoms with Gasteiger partial charge in [-0.2, -0.15) is 0 Å². The molecule has 0 bridgehead atoms. The largest absolute Gasteiger partial charge is 0.507 e. The fraction of sp³-hybridized carbons (Fsp3) is 0.375. The van der Waals surface area contributed by atoms with Crippen LogP contribution in [0.2, 0.25) is 0 Å². The second-order valence-corrected chi connectivity index (χ2v) is 7.71. The molecule has 0 saturated carbocycles. The zero-order valence-corrected chi connectivity index (χ0v) is 17.9. The molecule has 6 heteroatoms. The predicted molar refractivity (Wildman–Crippen MR) is 116 cm³/mol. The smallest absolute Gasteiger partial charge is 0.295 e. The Morgan fingerprint density at radius 3 is 2.43 bits per heavy atom. The number of ketones is 1. The highest BCUT2D eigenvalue weighted by atomic mass is 16.3. The molecule has 3 rings (SSSR count). The van der Waals surface area contributed by atoms with Crippen LogP contribution in [0.1, 0.15) is 43.0 Å². The molecule has 6 nitrogen and oxygen atoms in total.